The van der Waals surface area contributed by atoms with E-state index in [4.69, 9.17) is 4.74 Å². The summed E-state index contributed by atoms with van der Waals surface area (Å²) in [6.07, 6.45) is 3.07. The van der Waals surface area contributed by atoms with Crippen LogP contribution in [0.1, 0.15) is 36.3 Å². The number of aryl methyl sites for hydroxylation is 1. The lowest BCUT2D eigenvalue weighted by Gasteiger charge is -2.09. The Hall–Kier alpha value is -2.43. The Morgan fingerprint density at radius 2 is 1.95 bits per heavy atom. The highest BCUT2D eigenvalue weighted by Gasteiger charge is 2.15. The maximum atomic E-state index is 11.9. The number of aromatic hydroxyl groups is 1. The molecule has 5 heteroatoms. The van der Waals surface area contributed by atoms with Crippen LogP contribution < -0.4 is 0 Å². The average molecular weight is 286 g/mol. The average Bonchev–Trinajstić information content (AvgIpc) is 2.48. The van der Waals surface area contributed by atoms with Crippen molar-refractivity contribution in [2.45, 2.75) is 26.7 Å². The number of nitrogens with zero attached hydrogens (tertiary/aromatic N) is 2. The number of carbonyl (C=O) groups is 1. The molecule has 1 aromatic heterocycles. The van der Waals surface area contributed by atoms with Gasteiger partial charge in [-0.3, -0.25) is 0 Å². The molecule has 0 amide bonds. The second kappa shape index (κ2) is 6.83. The minimum absolute atomic E-state index is 0.190. The predicted octanol–water partition coefficient (Wildman–Crippen LogP) is 2.98. The lowest BCUT2D eigenvalue weighted by molar-refractivity contribution is 0.0524. The molecule has 21 heavy (non-hydrogen) atoms. The number of phenolic OH excluding ortho intramolecular Hbond substituents is 1. The van der Waals surface area contributed by atoms with Crippen LogP contribution in [-0.4, -0.2) is 27.7 Å². The van der Waals surface area contributed by atoms with Crippen LogP contribution in [0.3, 0.4) is 0 Å². The van der Waals surface area contributed by atoms with Gasteiger partial charge in [0.2, 0.25) is 0 Å². The molecule has 2 rings (SSSR count). The molecule has 110 valence electrons. The second-order valence-electron chi connectivity index (χ2n) is 4.57. The molecule has 0 atom stereocenters. The molecule has 0 bridgehead atoms. The molecule has 0 fully saturated rings. The van der Waals surface area contributed by atoms with E-state index in [0.717, 1.165) is 12.0 Å². The standard InChI is InChI=1S/C16H18N2O3/c1-3-5-14-13(16(20)21-4-2)10-17-15(18-14)11-6-8-12(19)9-7-11/h6-10,19H,3-5H2,1-2H3. The molecule has 0 aliphatic carbocycles. The zero-order valence-electron chi connectivity index (χ0n) is 12.2. The van der Waals surface area contributed by atoms with Crippen LogP contribution in [0, 0.1) is 0 Å². The van der Waals surface area contributed by atoms with Gasteiger partial charge < -0.3 is 9.84 Å². The number of hydrogen-bond donors (Lipinski definition) is 1. The lowest BCUT2D eigenvalue weighted by Crippen LogP contribution is -2.11. The summed E-state index contributed by atoms with van der Waals surface area (Å²) in [6, 6.07) is 6.64. The highest BCUT2D eigenvalue weighted by molar-refractivity contribution is 5.90. The van der Waals surface area contributed by atoms with Crippen molar-refractivity contribution in [3.05, 3.63) is 41.7 Å². The Kier molecular flexibility index (Phi) is 4.87. The molecule has 0 radical (unpaired) electrons. The summed E-state index contributed by atoms with van der Waals surface area (Å²) < 4.78 is 5.02. The van der Waals surface area contributed by atoms with Gasteiger partial charge in [-0.15, -0.1) is 0 Å². The highest BCUT2D eigenvalue weighted by atomic mass is 16.5. The van der Waals surface area contributed by atoms with Crippen molar-refractivity contribution in [2.24, 2.45) is 0 Å². The number of hydrogen-bond acceptors (Lipinski definition) is 5. The highest BCUT2D eigenvalue weighted by Crippen LogP contribution is 2.20. The first kappa shape index (κ1) is 15.0. The van der Waals surface area contributed by atoms with Gasteiger partial charge in [-0.1, -0.05) is 13.3 Å². The van der Waals surface area contributed by atoms with Crippen molar-refractivity contribution < 1.29 is 14.6 Å². The van der Waals surface area contributed by atoms with Gasteiger partial charge in [0.05, 0.1) is 17.9 Å². The maximum absolute atomic E-state index is 11.9. The molecule has 0 aliphatic heterocycles. The van der Waals surface area contributed by atoms with Crippen LogP contribution in [0.25, 0.3) is 11.4 Å². The normalized spacial score (nSPS) is 10.4. The second-order valence-corrected chi connectivity index (χ2v) is 4.57. The molecular weight excluding hydrogens is 268 g/mol. The fraction of sp³-hybridized carbons (Fsp3) is 0.312. The van der Waals surface area contributed by atoms with Crippen LogP contribution in [-0.2, 0) is 11.2 Å². The lowest BCUT2D eigenvalue weighted by atomic mass is 10.1. The molecule has 1 aromatic carbocycles. The molecule has 0 aliphatic rings. The molecule has 5 nitrogen and oxygen atoms in total. The van der Waals surface area contributed by atoms with E-state index in [1.807, 2.05) is 6.92 Å². The summed E-state index contributed by atoms with van der Waals surface area (Å²) in [5, 5.41) is 9.32. The molecule has 0 saturated carbocycles. The predicted molar refractivity (Wildman–Crippen MR) is 79.1 cm³/mol. The molecule has 1 N–H and O–H groups in total. The Bertz CT molecular complexity index is 624. The van der Waals surface area contributed by atoms with E-state index in [9.17, 15) is 9.90 Å². The fourth-order valence-corrected chi connectivity index (χ4v) is 1.97. The first-order valence-corrected chi connectivity index (χ1v) is 6.98. The van der Waals surface area contributed by atoms with Crippen molar-refractivity contribution in [3.8, 4) is 17.1 Å². The van der Waals surface area contributed by atoms with E-state index in [1.165, 1.54) is 6.20 Å². The van der Waals surface area contributed by atoms with E-state index in [1.54, 1.807) is 31.2 Å². The van der Waals surface area contributed by atoms with Crippen LogP contribution in [0.4, 0.5) is 0 Å². The van der Waals surface area contributed by atoms with Gasteiger partial charge in [0, 0.05) is 11.8 Å². The van der Waals surface area contributed by atoms with Crippen molar-refractivity contribution in [3.63, 3.8) is 0 Å². The number of benzene rings is 1. The Balaban J connectivity index is 2.39. The van der Waals surface area contributed by atoms with Crippen LogP contribution in [0.5, 0.6) is 5.75 Å². The smallest absolute Gasteiger partial charge is 0.341 e. The van der Waals surface area contributed by atoms with Gasteiger partial charge >= 0.3 is 5.97 Å². The zero-order valence-corrected chi connectivity index (χ0v) is 12.2. The van der Waals surface area contributed by atoms with Gasteiger partial charge in [-0.2, -0.15) is 0 Å². The van der Waals surface area contributed by atoms with Crippen molar-refractivity contribution >= 4 is 5.97 Å². The number of aromatic nitrogens is 2. The summed E-state index contributed by atoms with van der Waals surface area (Å²) in [6.45, 7) is 4.12. The molecule has 1 heterocycles. The molecule has 0 unspecified atom stereocenters. The minimum Gasteiger partial charge on any atom is -0.508 e. The van der Waals surface area contributed by atoms with Gasteiger partial charge in [-0.05, 0) is 37.6 Å². The Labute approximate surface area is 123 Å². The van der Waals surface area contributed by atoms with E-state index in [2.05, 4.69) is 9.97 Å². The van der Waals surface area contributed by atoms with Crippen LogP contribution >= 0.6 is 0 Å². The number of phenols is 1. The summed E-state index contributed by atoms with van der Waals surface area (Å²) in [5.74, 6) is 0.334. The minimum atomic E-state index is -0.391. The molecule has 0 spiro atoms. The molecular formula is C16H18N2O3. The third-order valence-corrected chi connectivity index (χ3v) is 2.98. The van der Waals surface area contributed by atoms with Crippen molar-refractivity contribution in [2.75, 3.05) is 6.61 Å². The summed E-state index contributed by atoms with van der Waals surface area (Å²) in [5.41, 5.74) is 1.90. The summed E-state index contributed by atoms with van der Waals surface area (Å²) in [7, 11) is 0. The Morgan fingerprint density at radius 1 is 1.24 bits per heavy atom. The van der Waals surface area contributed by atoms with Gasteiger partial charge in [0.25, 0.3) is 0 Å². The topological polar surface area (TPSA) is 72.3 Å². The number of ether oxygens (including phenoxy) is 1. The monoisotopic (exact) mass is 286 g/mol. The quantitative estimate of drug-likeness (QED) is 0.855. The fourth-order valence-electron chi connectivity index (χ4n) is 1.97. The largest absolute Gasteiger partial charge is 0.508 e. The maximum Gasteiger partial charge on any atom is 0.341 e. The summed E-state index contributed by atoms with van der Waals surface area (Å²) >= 11 is 0. The Morgan fingerprint density at radius 3 is 2.57 bits per heavy atom. The van der Waals surface area contributed by atoms with Crippen molar-refractivity contribution in [1.29, 1.82) is 0 Å². The molecule has 2 aromatic rings. The van der Waals surface area contributed by atoms with Gasteiger partial charge in [-0.25, -0.2) is 14.8 Å². The van der Waals surface area contributed by atoms with E-state index in [0.29, 0.717) is 30.1 Å². The van der Waals surface area contributed by atoms with E-state index >= 15 is 0 Å². The first-order chi connectivity index (χ1) is 10.2. The van der Waals surface area contributed by atoms with Gasteiger partial charge in [0.15, 0.2) is 5.82 Å². The van der Waals surface area contributed by atoms with E-state index in [-0.39, 0.29) is 5.75 Å². The number of esters is 1. The summed E-state index contributed by atoms with van der Waals surface area (Å²) in [4.78, 5) is 20.6. The van der Waals surface area contributed by atoms with Crippen molar-refractivity contribution in [1.82, 2.24) is 9.97 Å². The number of carbonyl (C=O) groups excluding carboxylic acids is 1. The van der Waals surface area contributed by atoms with Crippen LogP contribution in [0.15, 0.2) is 30.5 Å². The molecule has 0 saturated heterocycles. The van der Waals surface area contributed by atoms with E-state index < -0.39 is 5.97 Å². The third kappa shape index (κ3) is 3.56. The van der Waals surface area contributed by atoms with Gasteiger partial charge in [0.1, 0.15) is 5.75 Å². The van der Waals surface area contributed by atoms with Crippen LogP contribution in [0.2, 0.25) is 0 Å². The SMILES string of the molecule is CCCc1nc(-c2ccc(O)cc2)ncc1C(=O)OCC. The first-order valence-electron chi connectivity index (χ1n) is 6.98. The third-order valence-electron chi connectivity index (χ3n) is 2.98. The number of rotatable bonds is 5. The zero-order chi connectivity index (χ0) is 15.2.